The van der Waals surface area contributed by atoms with Crippen molar-refractivity contribution < 1.29 is 9.90 Å². The Balaban J connectivity index is 2.02. The smallest absolute Gasteiger partial charge is 0.243 e. The summed E-state index contributed by atoms with van der Waals surface area (Å²) in [4.78, 5) is 11.3. The molecule has 1 aliphatic carbocycles. The Hall–Kier alpha value is -1.84. The minimum Gasteiger partial charge on any atom is -0.508 e. The van der Waals surface area contributed by atoms with E-state index in [2.05, 4.69) is 10.5 Å². The topological polar surface area (TPSA) is 61.7 Å². The van der Waals surface area contributed by atoms with Crippen LogP contribution in [0, 0.1) is 5.92 Å². The van der Waals surface area contributed by atoms with Crippen molar-refractivity contribution >= 4 is 11.6 Å². The number of hydrazone groups is 1. The minimum atomic E-state index is -0.0143. The van der Waals surface area contributed by atoms with Gasteiger partial charge < -0.3 is 5.11 Å². The van der Waals surface area contributed by atoms with Crippen molar-refractivity contribution in [1.82, 2.24) is 5.43 Å². The number of hydrogen-bond acceptors (Lipinski definition) is 3. The van der Waals surface area contributed by atoms with Crippen LogP contribution in [0.4, 0.5) is 0 Å². The van der Waals surface area contributed by atoms with Gasteiger partial charge >= 0.3 is 0 Å². The standard InChI is InChI=1S/C12H14N2O2/c1-8(10-3-2-4-11(15)7-10)13-14-12(16)9-5-6-9/h2-4,7,9,15H,5-6H2,1H3,(H,14,16)/b13-8+. The van der Waals surface area contributed by atoms with Crippen LogP contribution in [0.15, 0.2) is 29.4 Å². The average molecular weight is 218 g/mol. The number of nitrogens with one attached hydrogen (secondary N) is 1. The van der Waals surface area contributed by atoms with Crippen LogP contribution in [0.2, 0.25) is 0 Å². The molecule has 2 rings (SSSR count). The molecule has 1 fully saturated rings. The summed E-state index contributed by atoms with van der Waals surface area (Å²) < 4.78 is 0. The maximum atomic E-state index is 11.3. The van der Waals surface area contributed by atoms with E-state index in [0.29, 0.717) is 5.71 Å². The molecule has 0 aromatic heterocycles. The molecule has 0 unspecified atom stereocenters. The first-order chi connectivity index (χ1) is 7.66. The Morgan fingerprint density at radius 3 is 2.88 bits per heavy atom. The highest BCUT2D eigenvalue weighted by Crippen LogP contribution is 2.28. The largest absolute Gasteiger partial charge is 0.508 e. The summed E-state index contributed by atoms with van der Waals surface area (Å²) in [6.45, 7) is 1.79. The molecular formula is C12H14N2O2. The Morgan fingerprint density at radius 1 is 1.50 bits per heavy atom. The van der Waals surface area contributed by atoms with Gasteiger partial charge in [0.25, 0.3) is 0 Å². The molecule has 1 saturated carbocycles. The van der Waals surface area contributed by atoms with Gasteiger partial charge in [-0.15, -0.1) is 0 Å². The van der Waals surface area contributed by atoms with Crippen LogP contribution in [0.3, 0.4) is 0 Å². The third kappa shape index (κ3) is 2.59. The number of benzene rings is 1. The van der Waals surface area contributed by atoms with E-state index in [1.54, 1.807) is 25.1 Å². The molecule has 0 atom stereocenters. The number of carbonyl (C=O) groups excluding carboxylic acids is 1. The summed E-state index contributed by atoms with van der Waals surface area (Å²) in [6, 6.07) is 6.79. The Labute approximate surface area is 94.0 Å². The number of nitrogens with zero attached hydrogens (tertiary/aromatic N) is 1. The first kappa shape index (κ1) is 10.7. The second-order valence-electron chi connectivity index (χ2n) is 4.00. The van der Waals surface area contributed by atoms with Gasteiger partial charge in [-0.25, -0.2) is 5.43 Å². The monoisotopic (exact) mass is 218 g/mol. The summed E-state index contributed by atoms with van der Waals surface area (Å²) in [5.74, 6) is 0.334. The Kier molecular flexibility index (Phi) is 2.90. The van der Waals surface area contributed by atoms with Gasteiger partial charge in [0.05, 0.1) is 5.71 Å². The third-order valence-corrected chi connectivity index (χ3v) is 2.55. The van der Waals surface area contributed by atoms with Crippen LogP contribution in [0.25, 0.3) is 0 Å². The lowest BCUT2D eigenvalue weighted by Crippen LogP contribution is -2.20. The molecule has 0 radical (unpaired) electrons. The van der Waals surface area contributed by atoms with Gasteiger partial charge in [0.2, 0.25) is 5.91 Å². The van der Waals surface area contributed by atoms with E-state index in [0.717, 1.165) is 18.4 Å². The third-order valence-electron chi connectivity index (χ3n) is 2.55. The van der Waals surface area contributed by atoms with Crippen LogP contribution in [0.5, 0.6) is 5.75 Å². The zero-order valence-corrected chi connectivity index (χ0v) is 9.10. The molecule has 4 heteroatoms. The highest BCUT2D eigenvalue weighted by Gasteiger charge is 2.29. The van der Waals surface area contributed by atoms with E-state index >= 15 is 0 Å². The normalized spacial score (nSPS) is 15.9. The molecule has 16 heavy (non-hydrogen) atoms. The van der Waals surface area contributed by atoms with Gasteiger partial charge in [-0.2, -0.15) is 5.10 Å². The highest BCUT2D eigenvalue weighted by atomic mass is 16.3. The van der Waals surface area contributed by atoms with Gasteiger partial charge in [-0.1, -0.05) is 12.1 Å². The van der Waals surface area contributed by atoms with E-state index in [-0.39, 0.29) is 17.6 Å². The summed E-state index contributed by atoms with van der Waals surface area (Å²) >= 11 is 0. The first-order valence-corrected chi connectivity index (χ1v) is 5.30. The molecule has 0 spiro atoms. The number of amides is 1. The number of phenols is 1. The zero-order chi connectivity index (χ0) is 11.5. The number of rotatable bonds is 3. The SMILES string of the molecule is C/C(=N\NC(=O)C1CC1)c1cccc(O)c1. The van der Waals surface area contributed by atoms with E-state index in [9.17, 15) is 9.90 Å². The molecule has 4 nitrogen and oxygen atoms in total. The Morgan fingerprint density at radius 2 is 2.25 bits per heavy atom. The predicted molar refractivity (Wildman–Crippen MR) is 61.2 cm³/mol. The minimum absolute atomic E-state index is 0.0143. The molecule has 84 valence electrons. The maximum absolute atomic E-state index is 11.3. The van der Waals surface area contributed by atoms with E-state index in [1.165, 1.54) is 0 Å². The molecule has 1 amide bonds. The van der Waals surface area contributed by atoms with Crippen LogP contribution in [-0.4, -0.2) is 16.7 Å². The van der Waals surface area contributed by atoms with Gasteiger partial charge in [-0.3, -0.25) is 4.79 Å². The fourth-order valence-electron chi connectivity index (χ4n) is 1.37. The number of carbonyl (C=O) groups is 1. The predicted octanol–water partition coefficient (Wildman–Crippen LogP) is 1.64. The van der Waals surface area contributed by atoms with E-state index in [4.69, 9.17) is 0 Å². The Bertz CT molecular complexity index is 436. The average Bonchev–Trinajstić information content (AvgIpc) is 3.09. The number of hydrogen-bond donors (Lipinski definition) is 2. The van der Waals surface area contributed by atoms with Crippen LogP contribution >= 0.6 is 0 Å². The van der Waals surface area contributed by atoms with Crippen molar-refractivity contribution in [1.29, 1.82) is 0 Å². The second kappa shape index (κ2) is 4.35. The van der Waals surface area contributed by atoms with Crippen molar-refractivity contribution in [2.24, 2.45) is 11.0 Å². The van der Waals surface area contributed by atoms with Crippen molar-refractivity contribution in [3.05, 3.63) is 29.8 Å². The number of aromatic hydroxyl groups is 1. The van der Waals surface area contributed by atoms with Gasteiger partial charge in [0.15, 0.2) is 0 Å². The van der Waals surface area contributed by atoms with E-state index < -0.39 is 0 Å². The molecule has 2 N–H and O–H groups in total. The molecule has 0 bridgehead atoms. The van der Waals surface area contributed by atoms with Crippen LogP contribution in [0.1, 0.15) is 25.3 Å². The first-order valence-electron chi connectivity index (χ1n) is 5.30. The molecular weight excluding hydrogens is 204 g/mol. The summed E-state index contributed by atoms with van der Waals surface area (Å²) in [7, 11) is 0. The van der Waals surface area contributed by atoms with Crippen molar-refractivity contribution in [3.63, 3.8) is 0 Å². The molecule has 0 aliphatic heterocycles. The molecule has 0 saturated heterocycles. The van der Waals surface area contributed by atoms with Gasteiger partial charge in [-0.05, 0) is 31.9 Å². The summed E-state index contributed by atoms with van der Waals surface area (Å²) in [6.07, 6.45) is 1.93. The van der Waals surface area contributed by atoms with E-state index in [1.807, 2.05) is 6.07 Å². The summed E-state index contributed by atoms with van der Waals surface area (Å²) in [5, 5.41) is 13.3. The lowest BCUT2D eigenvalue weighted by molar-refractivity contribution is -0.122. The maximum Gasteiger partial charge on any atom is 0.243 e. The molecule has 1 aromatic carbocycles. The molecule has 1 aliphatic rings. The zero-order valence-electron chi connectivity index (χ0n) is 9.10. The fraction of sp³-hybridized carbons (Fsp3) is 0.333. The van der Waals surface area contributed by atoms with Crippen LogP contribution < -0.4 is 5.43 Å². The van der Waals surface area contributed by atoms with Crippen LogP contribution in [-0.2, 0) is 4.79 Å². The second-order valence-corrected chi connectivity index (χ2v) is 4.00. The van der Waals surface area contributed by atoms with Crippen molar-refractivity contribution in [2.75, 3.05) is 0 Å². The number of phenolic OH excluding ortho intramolecular Hbond substituents is 1. The van der Waals surface area contributed by atoms with Crippen molar-refractivity contribution in [2.45, 2.75) is 19.8 Å². The van der Waals surface area contributed by atoms with Gasteiger partial charge in [0.1, 0.15) is 5.75 Å². The van der Waals surface area contributed by atoms with Crippen molar-refractivity contribution in [3.8, 4) is 5.75 Å². The molecule has 0 heterocycles. The van der Waals surface area contributed by atoms with Gasteiger partial charge in [0, 0.05) is 11.5 Å². The quantitative estimate of drug-likeness (QED) is 0.598. The lowest BCUT2D eigenvalue weighted by atomic mass is 10.1. The highest BCUT2D eigenvalue weighted by molar-refractivity contribution is 5.99. The lowest BCUT2D eigenvalue weighted by Gasteiger charge is -2.02. The fourth-order valence-corrected chi connectivity index (χ4v) is 1.37. The molecule has 1 aromatic rings. The summed E-state index contributed by atoms with van der Waals surface area (Å²) in [5.41, 5.74) is 4.02.